The molecule has 1 unspecified atom stereocenters. The molecule has 2 rings (SSSR count). The molecule has 0 bridgehead atoms. The van der Waals surface area contributed by atoms with Crippen molar-refractivity contribution >= 4 is 11.5 Å². The van der Waals surface area contributed by atoms with Gasteiger partial charge in [0.25, 0.3) is 0 Å². The number of ether oxygens (including phenoxy) is 1. The third kappa shape index (κ3) is 2.81. The Morgan fingerprint density at radius 3 is 2.94 bits per heavy atom. The second-order valence-electron chi connectivity index (χ2n) is 3.72. The second-order valence-corrected chi connectivity index (χ2v) is 4.33. The van der Waals surface area contributed by atoms with Crippen LogP contribution in [0.1, 0.15) is 17.3 Å². The molecule has 1 aromatic carbocycles. The predicted molar refractivity (Wildman–Crippen MR) is 66.6 cm³/mol. The van der Waals surface area contributed by atoms with Crippen LogP contribution in [0.3, 0.4) is 0 Å². The third-order valence-electron chi connectivity index (χ3n) is 2.59. The summed E-state index contributed by atoms with van der Waals surface area (Å²) in [4.78, 5) is 0. The zero-order chi connectivity index (χ0) is 13.0. The average Bonchev–Trinajstić information content (AvgIpc) is 2.90. The van der Waals surface area contributed by atoms with E-state index >= 15 is 0 Å². The second kappa shape index (κ2) is 5.85. The first-order valence-corrected chi connectivity index (χ1v) is 6.13. The van der Waals surface area contributed by atoms with Crippen LogP contribution in [0.15, 0.2) is 23.6 Å². The van der Waals surface area contributed by atoms with Crippen molar-refractivity contribution in [2.75, 3.05) is 7.11 Å². The Balaban J connectivity index is 2.15. The summed E-state index contributed by atoms with van der Waals surface area (Å²) in [6.07, 6.45) is 0.531. The molecule has 0 aliphatic heterocycles. The molecule has 96 valence electrons. The van der Waals surface area contributed by atoms with Crippen LogP contribution in [-0.2, 0) is 6.42 Å². The van der Waals surface area contributed by atoms with E-state index in [0.29, 0.717) is 6.42 Å². The van der Waals surface area contributed by atoms with E-state index in [1.165, 1.54) is 24.7 Å². The van der Waals surface area contributed by atoms with E-state index in [9.17, 15) is 4.39 Å². The summed E-state index contributed by atoms with van der Waals surface area (Å²) in [5, 5.41) is 5.76. The molecule has 1 aromatic heterocycles. The number of halogens is 1. The summed E-state index contributed by atoms with van der Waals surface area (Å²) in [5.41, 5.74) is 4.21. The SMILES string of the molecule is COc1ccc(CC(NN)c2csnn2)cc1F. The van der Waals surface area contributed by atoms with Crippen LogP contribution in [0.25, 0.3) is 0 Å². The zero-order valence-electron chi connectivity index (χ0n) is 9.76. The standard InChI is InChI=1S/C11H13FN4OS/c1-17-11-3-2-7(4-8(11)12)5-9(14-13)10-6-18-16-15-10/h2-4,6,9,14H,5,13H2,1H3. The van der Waals surface area contributed by atoms with Crippen molar-refractivity contribution in [1.29, 1.82) is 0 Å². The van der Waals surface area contributed by atoms with Gasteiger partial charge in [-0.25, -0.2) is 4.39 Å². The number of nitrogens with one attached hydrogen (secondary N) is 1. The van der Waals surface area contributed by atoms with Crippen LogP contribution < -0.4 is 16.0 Å². The van der Waals surface area contributed by atoms with E-state index in [4.69, 9.17) is 10.6 Å². The molecule has 0 fully saturated rings. The van der Waals surface area contributed by atoms with E-state index in [2.05, 4.69) is 15.0 Å². The van der Waals surface area contributed by atoms with Crippen LogP contribution >= 0.6 is 11.5 Å². The molecular weight excluding hydrogens is 255 g/mol. The summed E-state index contributed by atoms with van der Waals surface area (Å²) >= 11 is 1.25. The van der Waals surface area contributed by atoms with Crippen molar-refractivity contribution in [3.8, 4) is 5.75 Å². The van der Waals surface area contributed by atoms with E-state index in [1.807, 2.05) is 5.38 Å². The molecule has 5 nitrogen and oxygen atoms in total. The Bertz CT molecular complexity index is 506. The summed E-state index contributed by atoms with van der Waals surface area (Å²) in [5.74, 6) is 5.32. The third-order valence-corrected chi connectivity index (χ3v) is 3.11. The maximum atomic E-state index is 13.5. The van der Waals surface area contributed by atoms with Crippen molar-refractivity contribution in [2.45, 2.75) is 12.5 Å². The van der Waals surface area contributed by atoms with Crippen molar-refractivity contribution < 1.29 is 9.13 Å². The first-order chi connectivity index (χ1) is 8.74. The first-order valence-electron chi connectivity index (χ1n) is 5.30. The number of hydrazine groups is 1. The number of benzene rings is 1. The number of nitrogens with two attached hydrogens (primary N) is 1. The molecule has 1 atom stereocenters. The van der Waals surface area contributed by atoms with Crippen LogP contribution in [-0.4, -0.2) is 16.7 Å². The van der Waals surface area contributed by atoms with Gasteiger partial charge in [0, 0.05) is 5.38 Å². The number of aromatic nitrogens is 2. The molecule has 2 aromatic rings. The number of hydrogen-bond acceptors (Lipinski definition) is 6. The maximum absolute atomic E-state index is 13.5. The maximum Gasteiger partial charge on any atom is 0.165 e. The molecular formula is C11H13FN4OS. The molecule has 0 saturated heterocycles. The summed E-state index contributed by atoms with van der Waals surface area (Å²) in [7, 11) is 1.43. The normalized spacial score (nSPS) is 12.4. The highest BCUT2D eigenvalue weighted by Crippen LogP contribution is 2.21. The van der Waals surface area contributed by atoms with Gasteiger partial charge in [0.2, 0.25) is 0 Å². The fraction of sp³-hybridized carbons (Fsp3) is 0.273. The monoisotopic (exact) mass is 268 g/mol. The minimum atomic E-state index is -0.387. The van der Waals surface area contributed by atoms with Gasteiger partial charge in [0.05, 0.1) is 18.8 Å². The fourth-order valence-corrected chi connectivity index (χ4v) is 2.15. The van der Waals surface area contributed by atoms with Gasteiger partial charge in [-0.1, -0.05) is 10.6 Å². The number of hydrogen-bond donors (Lipinski definition) is 2. The Hall–Kier alpha value is -1.57. The van der Waals surface area contributed by atoms with Gasteiger partial charge < -0.3 is 4.74 Å². The van der Waals surface area contributed by atoms with Gasteiger partial charge in [-0.05, 0) is 35.6 Å². The minimum Gasteiger partial charge on any atom is -0.494 e. The largest absolute Gasteiger partial charge is 0.494 e. The highest BCUT2D eigenvalue weighted by Gasteiger charge is 2.14. The molecule has 3 N–H and O–H groups in total. The van der Waals surface area contributed by atoms with Crippen molar-refractivity contribution in [2.24, 2.45) is 5.84 Å². The molecule has 0 amide bonds. The van der Waals surface area contributed by atoms with Crippen molar-refractivity contribution in [1.82, 2.24) is 15.0 Å². The van der Waals surface area contributed by atoms with Gasteiger partial charge in [0.1, 0.15) is 0 Å². The van der Waals surface area contributed by atoms with Gasteiger partial charge in [-0.2, -0.15) is 0 Å². The van der Waals surface area contributed by atoms with Gasteiger partial charge in [0.15, 0.2) is 11.6 Å². The molecule has 7 heteroatoms. The highest BCUT2D eigenvalue weighted by molar-refractivity contribution is 7.03. The smallest absolute Gasteiger partial charge is 0.165 e. The van der Waals surface area contributed by atoms with Crippen molar-refractivity contribution in [3.63, 3.8) is 0 Å². The lowest BCUT2D eigenvalue weighted by Crippen LogP contribution is -2.29. The van der Waals surface area contributed by atoms with E-state index < -0.39 is 0 Å². The zero-order valence-corrected chi connectivity index (χ0v) is 10.6. The average molecular weight is 268 g/mol. The lowest BCUT2D eigenvalue weighted by atomic mass is 10.0. The van der Waals surface area contributed by atoms with E-state index in [0.717, 1.165) is 11.3 Å². The van der Waals surface area contributed by atoms with E-state index in [-0.39, 0.29) is 17.6 Å². The van der Waals surface area contributed by atoms with Gasteiger partial charge in [-0.15, -0.1) is 5.10 Å². The van der Waals surface area contributed by atoms with Gasteiger partial charge in [-0.3, -0.25) is 11.3 Å². The van der Waals surface area contributed by atoms with Crippen LogP contribution in [0.2, 0.25) is 0 Å². The quantitative estimate of drug-likeness (QED) is 0.634. The van der Waals surface area contributed by atoms with E-state index in [1.54, 1.807) is 12.1 Å². The lowest BCUT2D eigenvalue weighted by Gasteiger charge is -2.13. The van der Waals surface area contributed by atoms with Crippen LogP contribution in [0, 0.1) is 5.82 Å². The number of rotatable bonds is 5. The molecule has 18 heavy (non-hydrogen) atoms. The molecule has 0 saturated carbocycles. The van der Waals surface area contributed by atoms with Crippen LogP contribution in [0.5, 0.6) is 5.75 Å². The van der Waals surface area contributed by atoms with Crippen LogP contribution in [0.4, 0.5) is 4.39 Å². The number of nitrogens with zero attached hydrogens (tertiary/aromatic N) is 2. The number of methoxy groups -OCH3 is 1. The Morgan fingerprint density at radius 1 is 1.56 bits per heavy atom. The first kappa shape index (κ1) is 12.9. The summed E-state index contributed by atoms with van der Waals surface area (Å²) in [6.45, 7) is 0. The Kier molecular flexibility index (Phi) is 4.19. The summed E-state index contributed by atoms with van der Waals surface area (Å²) in [6, 6.07) is 4.64. The Labute approximate surface area is 108 Å². The molecule has 0 spiro atoms. The molecule has 0 aliphatic rings. The topological polar surface area (TPSA) is 73.1 Å². The molecule has 0 aliphatic carbocycles. The summed E-state index contributed by atoms with van der Waals surface area (Å²) < 4.78 is 22.2. The molecule has 0 radical (unpaired) electrons. The van der Waals surface area contributed by atoms with Crippen molar-refractivity contribution in [3.05, 3.63) is 40.7 Å². The lowest BCUT2D eigenvalue weighted by molar-refractivity contribution is 0.386. The predicted octanol–water partition coefficient (Wildman–Crippen LogP) is 1.43. The highest BCUT2D eigenvalue weighted by atomic mass is 32.1. The Morgan fingerprint density at radius 2 is 2.39 bits per heavy atom. The van der Waals surface area contributed by atoms with Gasteiger partial charge >= 0.3 is 0 Å². The fourth-order valence-electron chi connectivity index (χ4n) is 1.65. The minimum absolute atomic E-state index is 0.184. The molecule has 1 heterocycles.